The Morgan fingerprint density at radius 3 is 2.80 bits per heavy atom. The Labute approximate surface area is 155 Å². The third-order valence-electron chi connectivity index (χ3n) is 5.08. The molecule has 25 heavy (non-hydrogen) atoms. The SMILES string of the molecule is CC(NC(=O)C1CCCCC1(C)N)c1ccccc1-n1cccn1.Cl. The second-order valence-electron chi connectivity index (χ2n) is 7.04. The molecule has 1 amide bonds. The van der Waals surface area contributed by atoms with Crippen LogP contribution in [0.2, 0.25) is 0 Å². The van der Waals surface area contributed by atoms with Crippen LogP contribution in [-0.4, -0.2) is 21.2 Å². The van der Waals surface area contributed by atoms with Crippen LogP contribution in [-0.2, 0) is 4.79 Å². The number of hydrogen-bond donors (Lipinski definition) is 2. The van der Waals surface area contributed by atoms with Crippen LogP contribution in [0.4, 0.5) is 0 Å². The lowest BCUT2D eigenvalue weighted by Crippen LogP contribution is -2.53. The van der Waals surface area contributed by atoms with Crippen molar-refractivity contribution in [2.45, 2.75) is 51.1 Å². The van der Waals surface area contributed by atoms with Gasteiger partial charge < -0.3 is 11.1 Å². The number of para-hydroxylation sites is 1. The standard InChI is InChI=1S/C19H26N4O.ClH/c1-14(22-18(24)16-9-5-6-11-19(16,2)20)15-8-3-4-10-17(15)23-13-7-12-21-23;/h3-4,7-8,10,12-14,16H,5-6,9,11,20H2,1-2H3,(H,22,24);1H. The zero-order chi connectivity index (χ0) is 17.2. The number of nitrogens with one attached hydrogen (secondary N) is 1. The molecule has 1 heterocycles. The predicted molar refractivity (Wildman–Crippen MR) is 102 cm³/mol. The van der Waals surface area contributed by atoms with Gasteiger partial charge in [0, 0.05) is 17.9 Å². The van der Waals surface area contributed by atoms with Gasteiger partial charge in [-0.2, -0.15) is 5.10 Å². The van der Waals surface area contributed by atoms with Gasteiger partial charge in [-0.3, -0.25) is 4.79 Å². The predicted octanol–water partition coefficient (Wildman–Crippen LogP) is 3.38. The van der Waals surface area contributed by atoms with E-state index in [1.807, 2.05) is 55.1 Å². The highest BCUT2D eigenvalue weighted by molar-refractivity contribution is 5.85. The van der Waals surface area contributed by atoms with Crippen LogP contribution >= 0.6 is 12.4 Å². The van der Waals surface area contributed by atoms with Crippen LogP contribution in [0.5, 0.6) is 0 Å². The first-order valence-corrected chi connectivity index (χ1v) is 8.67. The van der Waals surface area contributed by atoms with Crippen LogP contribution in [0.15, 0.2) is 42.7 Å². The normalized spacial score (nSPS) is 24.2. The number of nitrogens with two attached hydrogens (primary N) is 1. The molecular weight excluding hydrogens is 336 g/mol. The number of carbonyl (C=O) groups is 1. The monoisotopic (exact) mass is 362 g/mol. The summed E-state index contributed by atoms with van der Waals surface area (Å²) < 4.78 is 1.83. The molecule has 1 aliphatic rings. The van der Waals surface area contributed by atoms with Crippen LogP contribution in [0.1, 0.15) is 51.1 Å². The molecule has 3 atom stereocenters. The summed E-state index contributed by atoms with van der Waals surface area (Å²) in [7, 11) is 0. The van der Waals surface area contributed by atoms with Crippen molar-refractivity contribution in [2.24, 2.45) is 11.7 Å². The Kier molecular flexibility index (Phi) is 6.25. The summed E-state index contributed by atoms with van der Waals surface area (Å²) in [5, 5.41) is 7.47. The van der Waals surface area contributed by atoms with E-state index >= 15 is 0 Å². The highest BCUT2D eigenvalue weighted by atomic mass is 35.5. The average Bonchev–Trinajstić information content (AvgIpc) is 3.08. The Morgan fingerprint density at radius 2 is 2.12 bits per heavy atom. The number of amides is 1. The Hall–Kier alpha value is -1.85. The third kappa shape index (κ3) is 4.22. The summed E-state index contributed by atoms with van der Waals surface area (Å²) >= 11 is 0. The summed E-state index contributed by atoms with van der Waals surface area (Å²) in [6.07, 6.45) is 7.61. The fourth-order valence-electron chi connectivity index (χ4n) is 3.65. The first kappa shape index (κ1) is 19.5. The number of nitrogens with zero attached hydrogens (tertiary/aromatic N) is 2. The van der Waals surface area contributed by atoms with E-state index in [4.69, 9.17) is 5.73 Å². The molecule has 3 unspecified atom stereocenters. The number of hydrogen-bond acceptors (Lipinski definition) is 3. The summed E-state index contributed by atoms with van der Waals surface area (Å²) in [4.78, 5) is 12.8. The summed E-state index contributed by atoms with van der Waals surface area (Å²) in [6.45, 7) is 4.01. The van der Waals surface area contributed by atoms with Crippen molar-refractivity contribution in [3.8, 4) is 5.69 Å². The van der Waals surface area contributed by atoms with E-state index < -0.39 is 5.54 Å². The first-order chi connectivity index (χ1) is 11.5. The number of rotatable bonds is 4. The average molecular weight is 363 g/mol. The smallest absolute Gasteiger partial charge is 0.225 e. The molecule has 5 nitrogen and oxygen atoms in total. The van der Waals surface area contributed by atoms with Crippen molar-refractivity contribution < 1.29 is 4.79 Å². The molecule has 1 aromatic carbocycles. The lowest BCUT2D eigenvalue weighted by atomic mass is 9.74. The van der Waals surface area contributed by atoms with E-state index in [0.29, 0.717) is 0 Å². The van der Waals surface area contributed by atoms with Gasteiger partial charge >= 0.3 is 0 Å². The highest BCUT2D eigenvalue weighted by Crippen LogP contribution is 2.32. The van der Waals surface area contributed by atoms with Gasteiger partial charge in [0.1, 0.15) is 0 Å². The number of halogens is 1. The van der Waals surface area contributed by atoms with Gasteiger partial charge in [0.15, 0.2) is 0 Å². The van der Waals surface area contributed by atoms with Gasteiger partial charge in [-0.05, 0) is 44.4 Å². The highest BCUT2D eigenvalue weighted by Gasteiger charge is 2.38. The molecule has 0 bridgehead atoms. The molecule has 136 valence electrons. The molecule has 6 heteroatoms. The van der Waals surface area contributed by atoms with Gasteiger partial charge in [0.05, 0.1) is 17.6 Å². The van der Waals surface area contributed by atoms with E-state index in [1.54, 1.807) is 6.20 Å². The molecular formula is C19H27ClN4O. The van der Waals surface area contributed by atoms with Gasteiger partial charge in [-0.15, -0.1) is 12.4 Å². The van der Waals surface area contributed by atoms with Gasteiger partial charge in [-0.25, -0.2) is 4.68 Å². The zero-order valence-electron chi connectivity index (χ0n) is 14.8. The largest absolute Gasteiger partial charge is 0.349 e. The molecule has 0 saturated heterocycles. The molecule has 2 aromatic rings. The molecule has 3 N–H and O–H groups in total. The van der Waals surface area contributed by atoms with E-state index in [2.05, 4.69) is 10.4 Å². The minimum Gasteiger partial charge on any atom is -0.349 e. The fourth-order valence-corrected chi connectivity index (χ4v) is 3.65. The molecule has 1 aromatic heterocycles. The van der Waals surface area contributed by atoms with Crippen molar-refractivity contribution in [3.63, 3.8) is 0 Å². The second-order valence-corrected chi connectivity index (χ2v) is 7.04. The van der Waals surface area contributed by atoms with Crippen LogP contribution in [0.25, 0.3) is 5.69 Å². The molecule has 0 aliphatic heterocycles. The zero-order valence-corrected chi connectivity index (χ0v) is 15.6. The molecule has 1 saturated carbocycles. The maximum absolute atomic E-state index is 12.8. The molecule has 3 rings (SSSR count). The summed E-state index contributed by atoms with van der Waals surface area (Å²) in [5.41, 5.74) is 7.98. The van der Waals surface area contributed by atoms with Crippen molar-refractivity contribution in [3.05, 3.63) is 48.3 Å². The van der Waals surface area contributed by atoms with Gasteiger partial charge in [-0.1, -0.05) is 31.0 Å². The number of aromatic nitrogens is 2. The molecule has 0 spiro atoms. The number of carbonyl (C=O) groups excluding carboxylic acids is 1. The first-order valence-electron chi connectivity index (χ1n) is 8.67. The quantitative estimate of drug-likeness (QED) is 0.875. The summed E-state index contributed by atoms with van der Waals surface area (Å²) in [6, 6.07) is 9.80. The Morgan fingerprint density at radius 1 is 1.36 bits per heavy atom. The third-order valence-corrected chi connectivity index (χ3v) is 5.08. The minimum atomic E-state index is -0.413. The van der Waals surface area contributed by atoms with Crippen LogP contribution in [0.3, 0.4) is 0 Å². The van der Waals surface area contributed by atoms with Gasteiger partial charge in [0.2, 0.25) is 5.91 Å². The van der Waals surface area contributed by atoms with Crippen LogP contribution in [0, 0.1) is 5.92 Å². The van der Waals surface area contributed by atoms with E-state index in [0.717, 1.165) is 36.9 Å². The second kappa shape index (κ2) is 8.02. The van der Waals surface area contributed by atoms with Crippen LogP contribution < -0.4 is 11.1 Å². The number of benzene rings is 1. The lowest BCUT2D eigenvalue weighted by molar-refractivity contribution is -0.128. The van der Waals surface area contributed by atoms with Crippen molar-refractivity contribution in [1.82, 2.24) is 15.1 Å². The molecule has 0 radical (unpaired) electrons. The van der Waals surface area contributed by atoms with E-state index in [-0.39, 0.29) is 30.3 Å². The Balaban J connectivity index is 0.00000225. The van der Waals surface area contributed by atoms with Crippen molar-refractivity contribution in [2.75, 3.05) is 0 Å². The Bertz CT molecular complexity index is 699. The van der Waals surface area contributed by atoms with Gasteiger partial charge in [0.25, 0.3) is 0 Å². The molecule has 1 aliphatic carbocycles. The minimum absolute atomic E-state index is 0. The van der Waals surface area contributed by atoms with Crippen molar-refractivity contribution in [1.29, 1.82) is 0 Å². The van der Waals surface area contributed by atoms with Crippen molar-refractivity contribution >= 4 is 18.3 Å². The topological polar surface area (TPSA) is 72.9 Å². The molecule has 1 fully saturated rings. The van der Waals surface area contributed by atoms with E-state index in [1.165, 1.54) is 0 Å². The maximum Gasteiger partial charge on any atom is 0.225 e. The van der Waals surface area contributed by atoms with E-state index in [9.17, 15) is 4.79 Å². The fraction of sp³-hybridized carbons (Fsp3) is 0.474. The maximum atomic E-state index is 12.8. The lowest BCUT2D eigenvalue weighted by Gasteiger charge is -2.37. The summed E-state index contributed by atoms with van der Waals surface area (Å²) in [5.74, 6) is -0.0620.